The van der Waals surface area contributed by atoms with Gasteiger partial charge in [-0.15, -0.1) is 0 Å². The first kappa shape index (κ1) is 16.4. The first-order chi connectivity index (χ1) is 8.14. The van der Waals surface area contributed by atoms with Gasteiger partial charge in [0.15, 0.2) is 13.9 Å². The Hall–Kier alpha value is -0.703. The Balaban J connectivity index is 2.97. The van der Waals surface area contributed by atoms with Gasteiger partial charge in [0.1, 0.15) is 5.76 Å². The summed E-state index contributed by atoms with van der Waals surface area (Å²) in [5.41, 5.74) is -2.59. The zero-order valence-electron chi connectivity index (χ0n) is 10.8. The lowest BCUT2D eigenvalue weighted by molar-refractivity contribution is -0.233. The van der Waals surface area contributed by atoms with Crippen LogP contribution in [0.2, 0.25) is 19.6 Å². The van der Waals surface area contributed by atoms with Crippen molar-refractivity contribution in [1.82, 2.24) is 0 Å². The standard InChI is InChI=1S/C10H14F6O2Si/c1-8(18-19(2,3)4)5-6(17-8)7(9(11,12)13)10(14,15)16/h5H2,1-4H3. The molecule has 1 saturated heterocycles. The van der Waals surface area contributed by atoms with Crippen LogP contribution in [0.25, 0.3) is 0 Å². The van der Waals surface area contributed by atoms with E-state index in [9.17, 15) is 26.3 Å². The van der Waals surface area contributed by atoms with Crippen molar-refractivity contribution in [1.29, 1.82) is 0 Å². The molecule has 2 nitrogen and oxygen atoms in total. The van der Waals surface area contributed by atoms with E-state index in [1.807, 2.05) is 0 Å². The van der Waals surface area contributed by atoms with Crippen LogP contribution in [0.15, 0.2) is 11.3 Å². The third kappa shape index (κ3) is 4.13. The SMILES string of the molecule is CC1(O[Si](C)(C)C)CC(=C(C(F)(F)F)C(F)(F)F)O1. The number of alkyl halides is 6. The van der Waals surface area contributed by atoms with Crippen LogP contribution < -0.4 is 0 Å². The van der Waals surface area contributed by atoms with Crippen molar-refractivity contribution in [3.63, 3.8) is 0 Å². The first-order valence-electron chi connectivity index (χ1n) is 5.41. The molecule has 1 aliphatic heterocycles. The van der Waals surface area contributed by atoms with Crippen molar-refractivity contribution in [3.05, 3.63) is 11.3 Å². The second-order valence-electron chi connectivity index (χ2n) is 5.42. The molecule has 0 aromatic carbocycles. The third-order valence-electron chi connectivity index (χ3n) is 2.19. The Morgan fingerprint density at radius 1 is 1.11 bits per heavy atom. The van der Waals surface area contributed by atoms with Gasteiger partial charge in [0, 0.05) is 6.92 Å². The maximum absolute atomic E-state index is 12.4. The number of ether oxygens (including phenoxy) is 1. The number of hydrogen-bond acceptors (Lipinski definition) is 2. The minimum absolute atomic E-state index is 0.536. The fourth-order valence-corrected chi connectivity index (χ4v) is 3.27. The van der Waals surface area contributed by atoms with E-state index in [0.29, 0.717) is 0 Å². The summed E-state index contributed by atoms with van der Waals surface area (Å²) in [5.74, 6) is -2.51. The van der Waals surface area contributed by atoms with Crippen molar-refractivity contribution in [2.75, 3.05) is 0 Å². The molecule has 0 bridgehead atoms. The number of allylic oxidation sites excluding steroid dienone is 1. The molecule has 112 valence electrons. The Morgan fingerprint density at radius 2 is 1.47 bits per heavy atom. The van der Waals surface area contributed by atoms with Gasteiger partial charge in [-0.2, -0.15) is 26.3 Å². The normalized spacial score (nSPS) is 24.8. The Morgan fingerprint density at radius 3 is 1.74 bits per heavy atom. The summed E-state index contributed by atoms with van der Waals surface area (Å²) >= 11 is 0. The molecule has 9 heteroatoms. The second-order valence-corrected chi connectivity index (χ2v) is 9.85. The Labute approximate surface area is 107 Å². The molecular formula is C10H14F6O2Si. The van der Waals surface area contributed by atoms with Crippen LogP contribution >= 0.6 is 0 Å². The van der Waals surface area contributed by atoms with Gasteiger partial charge in [0.05, 0.1) is 6.42 Å². The first-order valence-corrected chi connectivity index (χ1v) is 8.82. The third-order valence-corrected chi connectivity index (χ3v) is 3.23. The monoisotopic (exact) mass is 308 g/mol. The summed E-state index contributed by atoms with van der Waals surface area (Å²) in [6, 6.07) is 0. The molecule has 0 amide bonds. The van der Waals surface area contributed by atoms with E-state index in [-0.39, 0.29) is 0 Å². The zero-order chi connectivity index (χ0) is 15.3. The predicted molar refractivity (Wildman–Crippen MR) is 57.7 cm³/mol. The highest BCUT2D eigenvalue weighted by atomic mass is 28.4. The Bertz CT molecular complexity index is 366. The van der Waals surface area contributed by atoms with E-state index < -0.39 is 44.2 Å². The van der Waals surface area contributed by atoms with Crippen LogP contribution in [0, 0.1) is 0 Å². The molecule has 0 spiro atoms. The minimum atomic E-state index is -5.49. The van der Waals surface area contributed by atoms with E-state index in [4.69, 9.17) is 4.43 Å². The highest BCUT2D eigenvalue weighted by Crippen LogP contribution is 2.48. The molecule has 0 aliphatic carbocycles. The highest BCUT2D eigenvalue weighted by Gasteiger charge is 2.58. The molecule has 19 heavy (non-hydrogen) atoms. The minimum Gasteiger partial charge on any atom is -0.467 e. The summed E-state index contributed by atoms with van der Waals surface area (Å²) in [7, 11) is -2.13. The molecule has 0 N–H and O–H groups in total. The quantitative estimate of drug-likeness (QED) is 0.557. The van der Waals surface area contributed by atoms with Crippen molar-refractivity contribution < 1.29 is 35.5 Å². The summed E-state index contributed by atoms with van der Waals surface area (Å²) in [6.07, 6.45) is -11.5. The summed E-state index contributed by atoms with van der Waals surface area (Å²) < 4.78 is 84.4. The van der Waals surface area contributed by atoms with Crippen LogP contribution in [0.1, 0.15) is 13.3 Å². The molecule has 1 fully saturated rings. The lowest BCUT2D eigenvalue weighted by Crippen LogP contribution is -2.50. The summed E-state index contributed by atoms with van der Waals surface area (Å²) in [6.45, 7) is 6.62. The number of halogens is 6. The fraction of sp³-hybridized carbons (Fsp3) is 0.800. The largest absolute Gasteiger partial charge is 0.467 e. The van der Waals surface area contributed by atoms with E-state index in [0.717, 1.165) is 0 Å². The van der Waals surface area contributed by atoms with E-state index >= 15 is 0 Å². The average molecular weight is 308 g/mol. The van der Waals surface area contributed by atoms with Gasteiger partial charge in [0.2, 0.25) is 5.79 Å². The van der Waals surface area contributed by atoms with Crippen molar-refractivity contribution in [3.8, 4) is 0 Å². The topological polar surface area (TPSA) is 18.5 Å². The van der Waals surface area contributed by atoms with Crippen molar-refractivity contribution >= 4 is 8.32 Å². The molecule has 1 heterocycles. The van der Waals surface area contributed by atoms with Gasteiger partial charge >= 0.3 is 12.4 Å². The maximum atomic E-state index is 12.4. The van der Waals surface area contributed by atoms with Gasteiger partial charge in [-0.25, -0.2) is 0 Å². The van der Waals surface area contributed by atoms with Crippen LogP contribution in [-0.2, 0) is 9.16 Å². The van der Waals surface area contributed by atoms with Gasteiger partial charge in [-0.3, -0.25) is 0 Å². The van der Waals surface area contributed by atoms with E-state index in [1.54, 1.807) is 19.6 Å². The van der Waals surface area contributed by atoms with Gasteiger partial charge in [-0.1, -0.05) is 0 Å². The van der Waals surface area contributed by atoms with Crippen LogP contribution in [0.5, 0.6) is 0 Å². The molecule has 0 aromatic heterocycles. The smallest absolute Gasteiger partial charge is 0.424 e. The predicted octanol–water partition coefficient (Wildman–Crippen LogP) is 4.35. The number of hydrogen-bond donors (Lipinski definition) is 0. The Kier molecular flexibility index (Phi) is 3.79. The average Bonchev–Trinajstić information content (AvgIpc) is 1.89. The van der Waals surface area contributed by atoms with E-state index in [1.165, 1.54) is 6.92 Å². The maximum Gasteiger partial charge on any atom is 0.424 e. The summed E-state index contributed by atoms with van der Waals surface area (Å²) in [4.78, 5) is 0. The van der Waals surface area contributed by atoms with Gasteiger partial charge in [0.25, 0.3) is 0 Å². The fourth-order valence-electron chi connectivity index (χ4n) is 1.86. The molecular weight excluding hydrogens is 294 g/mol. The molecule has 1 atom stereocenters. The van der Waals surface area contributed by atoms with E-state index in [2.05, 4.69) is 4.74 Å². The molecule has 1 rings (SSSR count). The molecule has 1 aliphatic rings. The summed E-state index contributed by atoms with van der Waals surface area (Å²) in [5, 5.41) is 0. The lowest BCUT2D eigenvalue weighted by Gasteiger charge is -2.45. The lowest BCUT2D eigenvalue weighted by atomic mass is 10.0. The van der Waals surface area contributed by atoms with Crippen molar-refractivity contribution in [2.24, 2.45) is 0 Å². The molecule has 0 aromatic rings. The van der Waals surface area contributed by atoms with Crippen molar-refractivity contribution in [2.45, 2.75) is 51.1 Å². The van der Waals surface area contributed by atoms with Crippen LogP contribution in [-0.4, -0.2) is 26.5 Å². The zero-order valence-corrected chi connectivity index (χ0v) is 11.8. The van der Waals surface area contributed by atoms with Crippen LogP contribution in [0.4, 0.5) is 26.3 Å². The van der Waals surface area contributed by atoms with Crippen LogP contribution in [0.3, 0.4) is 0 Å². The second kappa shape index (κ2) is 4.40. The molecule has 1 unspecified atom stereocenters. The molecule has 0 saturated carbocycles. The van der Waals surface area contributed by atoms with Gasteiger partial charge in [-0.05, 0) is 19.6 Å². The highest BCUT2D eigenvalue weighted by molar-refractivity contribution is 6.69. The van der Waals surface area contributed by atoms with Gasteiger partial charge < -0.3 is 9.16 Å². The molecule has 0 radical (unpaired) electrons. The number of rotatable bonds is 2.